The van der Waals surface area contributed by atoms with Crippen molar-refractivity contribution in [1.82, 2.24) is 0 Å². The second kappa shape index (κ2) is 11.3. The van der Waals surface area contributed by atoms with Gasteiger partial charge in [0.05, 0.1) is 13.2 Å². The van der Waals surface area contributed by atoms with Crippen molar-refractivity contribution in [3.8, 4) is 17.6 Å². The van der Waals surface area contributed by atoms with Gasteiger partial charge in [-0.25, -0.2) is 9.59 Å². The summed E-state index contributed by atoms with van der Waals surface area (Å²) in [7, 11) is 1.48. The highest BCUT2D eigenvalue weighted by molar-refractivity contribution is 5.98. The molecule has 0 spiro atoms. The van der Waals surface area contributed by atoms with Crippen molar-refractivity contribution in [3.63, 3.8) is 0 Å². The number of ether oxygens (including phenoxy) is 4. The molecule has 0 aliphatic rings. The smallest absolute Gasteiger partial charge is 0.371 e. The molecule has 1 aromatic heterocycles. The van der Waals surface area contributed by atoms with E-state index in [-0.39, 0.29) is 31.2 Å². The third-order valence-electron chi connectivity index (χ3n) is 3.68. The van der Waals surface area contributed by atoms with Crippen LogP contribution >= 0.6 is 0 Å². The summed E-state index contributed by atoms with van der Waals surface area (Å²) in [5.74, 6) is -0.976. The number of carboxylic acid groups (broad SMARTS) is 1. The van der Waals surface area contributed by atoms with E-state index in [2.05, 4.69) is 0 Å². The van der Waals surface area contributed by atoms with Gasteiger partial charge in [-0.2, -0.15) is 5.26 Å². The summed E-state index contributed by atoms with van der Waals surface area (Å²) < 4.78 is 26.1. The first-order chi connectivity index (χ1) is 14.5. The van der Waals surface area contributed by atoms with Crippen molar-refractivity contribution in [3.05, 3.63) is 53.0 Å². The molecule has 2 rings (SSSR count). The average molecular weight is 415 g/mol. The van der Waals surface area contributed by atoms with E-state index in [1.807, 2.05) is 6.07 Å². The van der Waals surface area contributed by atoms with Gasteiger partial charge in [-0.1, -0.05) is 6.07 Å². The van der Waals surface area contributed by atoms with Gasteiger partial charge < -0.3 is 28.5 Å². The molecule has 0 saturated heterocycles. The van der Waals surface area contributed by atoms with Crippen LogP contribution in [0.15, 0.2) is 40.3 Å². The Labute approximate surface area is 173 Å². The number of nitriles is 1. The number of furan rings is 1. The number of methoxy groups -OCH3 is 1. The molecule has 0 amide bonds. The van der Waals surface area contributed by atoms with Crippen molar-refractivity contribution in [1.29, 1.82) is 5.26 Å². The molecule has 0 radical (unpaired) electrons. The zero-order chi connectivity index (χ0) is 21.9. The zero-order valence-corrected chi connectivity index (χ0v) is 16.5. The van der Waals surface area contributed by atoms with Gasteiger partial charge in [-0.05, 0) is 42.8 Å². The molecule has 9 nitrogen and oxygen atoms in total. The van der Waals surface area contributed by atoms with Crippen LogP contribution in [0.3, 0.4) is 0 Å². The maximum absolute atomic E-state index is 12.0. The molecular formula is C21H21NO8. The second-order valence-electron chi connectivity index (χ2n) is 5.80. The molecule has 158 valence electrons. The predicted octanol–water partition coefficient (Wildman–Crippen LogP) is 3.05. The number of hydrogen-bond acceptors (Lipinski definition) is 8. The minimum absolute atomic E-state index is 0.00217. The fourth-order valence-electron chi connectivity index (χ4n) is 2.32. The number of esters is 1. The molecule has 9 heteroatoms. The van der Waals surface area contributed by atoms with Crippen LogP contribution in [0.4, 0.5) is 0 Å². The molecule has 1 N–H and O–H groups in total. The summed E-state index contributed by atoms with van der Waals surface area (Å²) in [5, 5.41) is 18.1. The lowest BCUT2D eigenvalue weighted by molar-refractivity contribution is -0.139. The number of hydrogen-bond donors (Lipinski definition) is 1. The van der Waals surface area contributed by atoms with E-state index in [1.54, 1.807) is 25.1 Å². The molecule has 0 aliphatic carbocycles. The Bertz CT molecular complexity index is 954. The maximum Gasteiger partial charge on any atom is 0.371 e. The first-order valence-corrected chi connectivity index (χ1v) is 8.98. The van der Waals surface area contributed by atoms with E-state index in [4.69, 9.17) is 28.5 Å². The zero-order valence-electron chi connectivity index (χ0n) is 16.5. The third kappa shape index (κ3) is 6.39. The van der Waals surface area contributed by atoms with E-state index in [0.29, 0.717) is 29.4 Å². The van der Waals surface area contributed by atoms with Crippen molar-refractivity contribution in [2.24, 2.45) is 0 Å². The number of nitrogens with zero attached hydrogens (tertiary/aromatic N) is 1. The monoisotopic (exact) mass is 415 g/mol. The standard InChI is InChI=1S/C21H21NO8/c1-3-27-19-11-14(10-15(12-22)21(25)28-9-8-26-2)4-6-17(19)29-13-16-5-7-18(30-16)20(23)24/h4-7,10-11H,3,8-9,13H2,1-2H3,(H,23,24). The number of carbonyl (C=O) groups excluding carboxylic acids is 1. The van der Waals surface area contributed by atoms with Gasteiger partial charge in [0, 0.05) is 7.11 Å². The van der Waals surface area contributed by atoms with Gasteiger partial charge in [0.15, 0.2) is 11.5 Å². The summed E-state index contributed by atoms with van der Waals surface area (Å²) in [6.07, 6.45) is 1.38. The lowest BCUT2D eigenvalue weighted by Gasteiger charge is -2.12. The van der Waals surface area contributed by atoms with E-state index >= 15 is 0 Å². The molecule has 0 atom stereocenters. The lowest BCUT2D eigenvalue weighted by atomic mass is 10.1. The molecule has 0 unspecified atom stereocenters. The van der Waals surface area contributed by atoms with Crippen LogP contribution in [0, 0.1) is 11.3 Å². The first-order valence-electron chi connectivity index (χ1n) is 8.98. The quantitative estimate of drug-likeness (QED) is 0.255. The Hall–Kier alpha value is -3.77. The van der Waals surface area contributed by atoms with E-state index in [9.17, 15) is 14.9 Å². The number of rotatable bonds is 11. The molecule has 1 heterocycles. The van der Waals surface area contributed by atoms with Crippen LogP contribution in [0.5, 0.6) is 11.5 Å². The van der Waals surface area contributed by atoms with Crippen LogP contribution in [0.1, 0.15) is 28.8 Å². The number of carbonyl (C=O) groups is 2. The highest BCUT2D eigenvalue weighted by Crippen LogP contribution is 2.30. The van der Waals surface area contributed by atoms with Crippen molar-refractivity contribution in [2.45, 2.75) is 13.5 Å². The number of aromatic carboxylic acids is 1. The normalized spacial score (nSPS) is 10.9. The average Bonchev–Trinajstić information content (AvgIpc) is 3.21. The lowest BCUT2D eigenvalue weighted by Crippen LogP contribution is -2.11. The summed E-state index contributed by atoms with van der Waals surface area (Å²) in [4.78, 5) is 22.8. The van der Waals surface area contributed by atoms with Gasteiger partial charge in [-0.3, -0.25) is 0 Å². The van der Waals surface area contributed by atoms with Crippen molar-refractivity contribution < 1.29 is 38.1 Å². The molecular weight excluding hydrogens is 394 g/mol. The van der Waals surface area contributed by atoms with E-state index in [1.165, 1.54) is 25.3 Å². The molecule has 30 heavy (non-hydrogen) atoms. The Balaban J connectivity index is 2.15. The highest BCUT2D eigenvalue weighted by atomic mass is 16.6. The van der Waals surface area contributed by atoms with Crippen molar-refractivity contribution in [2.75, 3.05) is 26.9 Å². The molecule has 0 aliphatic heterocycles. The van der Waals surface area contributed by atoms with Gasteiger partial charge in [0.25, 0.3) is 0 Å². The molecule has 1 aromatic carbocycles. The molecule has 0 bridgehead atoms. The minimum atomic E-state index is -1.17. The maximum atomic E-state index is 12.0. The van der Waals surface area contributed by atoms with Gasteiger partial charge >= 0.3 is 11.9 Å². The van der Waals surface area contributed by atoms with Crippen LogP contribution in [-0.2, 0) is 20.9 Å². The fraction of sp³-hybridized carbons (Fsp3) is 0.286. The highest BCUT2D eigenvalue weighted by Gasteiger charge is 2.14. The minimum Gasteiger partial charge on any atom is -0.490 e. The number of carboxylic acids is 1. The summed E-state index contributed by atoms with van der Waals surface area (Å²) in [6, 6.07) is 9.53. The largest absolute Gasteiger partial charge is 0.490 e. The van der Waals surface area contributed by atoms with Crippen LogP contribution in [0.25, 0.3) is 6.08 Å². The van der Waals surface area contributed by atoms with Crippen LogP contribution in [-0.4, -0.2) is 44.0 Å². The first kappa shape index (κ1) is 22.5. The molecule has 0 saturated carbocycles. The molecule has 0 fully saturated rings. The summed E-state index contributed by atoms with van der Waals surface area (Å²) >= 11 is 0. The topological polar surface area (TPSA) is 128 Å². The van der Waals surface area contributed by atoms with E-state index < -0.39 is 11.9 Å². The Morgan fingerprint density at radius 1 is 1.17 bits per heavy atom. The predicted molar refractivity (Wildman–Crippen MR) is 104 cm³/mol. The van der Waals surface area contributed by atoms with E-state index in [0.717, 1.165) is 0 Å². The third-order valence-corrected chi connectivity index (χ3v) is 3.68. The second-order valence-corrected chi connectivity index (χ2v) is 5.80. The van der Waals surface area contributed by atoms with Crippen LogP contribution < -0.4 is 9.47 Å². The molecule has 2 aromatic rings. The summed E-state index contributed by atoms with van der Waals surface area (Å²) in [6.45, 7) is 2.43. The van der Waals surface area contributed by atoms with Gasteiger partial charge in [-0.15, -0.1) is 0 Å². The summed E-state index contributed by atoms with van der Waals surface area (Å²) in [5.41, 5.74) is 0.371. The fourth-order valence-corrected chi connectivity index (χ4v) is 2.32. The van der Waals surface area contributed by atoms with Crippen LogP contribution in [0.2, 0.25) is 0 Å². The Morgan fingerprint density at radius 3 is 2.60 bits per heavy atom. The van der Waals surface area contributed by atoms with Gasteiger partial charge in [0.1, 0.15) is 30.6 Å². The number of benzene rings is 1. The van der Waals surface area contributed by atoms with Gasteiger partial charge in [0.2, 0.25) is 5.76 Å². The Morgan fingerprint density at radius 2 is 1.97 bits per heavy atom. The van der Waals surface area contributed by atoms with Crippen molar-refractivity contribution >= 4 is 18.0 Å². The Kier molecular flexibility index (Phi) is 8.47. The SMILES string of the molecule is CCOc1cc(C=C(C#N)C(=O)OCCOC)ccc1OCc1ccc(C(=O)O)o1.